The van der Waals surface area contributed by atoms with Crippen molar-refractivity contribution in [2.45, 2.75) is 39.2 Å². The van der Waals surface area contributed by atoms with Crippen molar-refractivity contribution in [3.8, 4) is 0 Å². The summed E-state index contributed by atoms with van der Waals surface area (Å²) < 4.78 is 1.23. The minimum Gasteiger partial charge on any atom is -0.326 e. The summed E-state index contributed by atoms with van der Waals surface area (Å²) in [5.41, 5.74) is 2.10. The first-order valence-corrected chi connectivity index (χ1v) is 8.58. The van der Waals surface area contributed by atoms with Crippen LogP contribution >= 0.6 is 0 Å². The number of hydrogen-bond acceptors (Lipinski definition) is 4. The Kier molecular flexibility index (Phi) is 4.84. The van der Waals surface area contributed by atoms with Gasteiger partial charge in [0.1, 0.15) is 5.52 Å². The summed E-state index contributed by atoms with van der Waals surface area (Å²) in [6, 6.07) is 14.8. The molecule has 0 aliphatic rings. The fourth-order valence-electron chi connectivity index (χ4n) is 2.84. The molecule has 0 radical (unpaired) electrons. The highest BCUT2D eigenvalue weighted by molar-refractivity contribution is 5.91. The largest absolute Gasteiger partial charge is 0.326 e. The maximum Gasteiger partial charge on any atom is 0.277 e. The van der Waals surface area contributed by atoms with Gasteiger partial charge in [-0.15, -0.1) is 5.10 Å². The molecule has 0 atom stereocenters. The standard InChI is InChI=1S/C20H22N4O2/c1-20(2,3)15-9-5-7-11-17(15)21-18(25)12-13-24-19(26)14-8-4-6-10-16(14)22-23-24/h4-11H,12-13H2,1-3H3,(H,21,25). The lowest BCUT2D eigenvalue weighted by molar-refractivity contribution is -0.116. The molecule has 26 heavy (non-hydrogen) atoms. The Hall–Kier alpha value is -3.02. The van der Waals surface area contributed by atoms with Crippen LogP contribution in [-0.2, 0) is 16.8 Å². The van der Waals surface area contributed by atoms with Crippen LogP contribution in [0.1, 0.15) is 32.8 Å². The maximum absolute atomic E-state index is 12.4. The molecule has 1 aromatic heterocycles. The topological polar surface area (TPSA) is 76.9 Å². The monoisotopic (exact) mass is 350 g/mol. The summed E-state index contributed by atoms with van der Waals surface area (Å²) in [7, 11) is 0. The molecule has 0 aliphatic heterocycles. The van der Waals surface area contributed by atoms with Gasteiger partial charge >= 0.3 is 0 Å². The molecule has 1 N–H and O–H groups in total. The molecule has 3 aromatic rings. The van der Waals surface area contributed by atoms with Crippen molar-refractivity contribution in [3.05, 3.63) is 64.4 Å². The van der Waals surface area contributed by atoms with Crippen LogP contribution in [0.5, 0.6) is 0 Å². The second-order valence-corrected chi connectivity index (χ2v) is 7.23. The third-order valence-corrected chi connectivity index (χ3v) is 4.19. The number of hydrogen-bond donors (Lipinski definition) is 1. The van der Waals surface area contributed by atoms with Gasteiger partial charge in [-0.05, 0) is 29.2 Å². The van der Waals surface area contributed by atoms with Gasteiger partial charge in [-0.1, -0.05) is 56.3 Å². The van der Waals surface area contributed by atoms with Crippen molar-refractivity contribution in [2.24, 2.45) is 0 Å². The predicted molar refractivity (Wildman–Crippen MR) is 102 cm³/mol. The molecule has 0 unspecified atom stereocenters. The highest BCUT2D eigenvalue weighted by Crippen LogP contribution is 2.29. The van der Waals surface area contributed by atoms with Crippen molar-refractivity contribution in [1.29, 1.82) is 0 Å². The zero-order chi connectivity index (χ0) is 18.7. The van der Waals surface area contributed by atoms with Gasteiger partial charge in [-0.25, -0.2) is 4.68 Å². The van der Waals surface area contributed by atoms with Gasteiger partial charge in [0.25, 0.3) is 5.56 Å². The van der Waals surface area contributed by atoms with Crippen LogP contribution in [0.25, 0.3) is 10.9 Å². The van der Waals surface area contributed by atoms with E-state index in [1.807, 2.05) is 24.3 Å². The van der Waals surface area contributed by atoms with Crippen molar-refractivity contribution >= 4 is 22.5 Å². The quantitative estimate of drug-likeness (QED) is 0.784. The molecule has 134 valence electrons. The third-order valence-electron chi connectivity index (χ3n) is 4.19. The lowest BCUT2D eigenvalue weighted by Crippen LogP contribution is -2.27. The molecule has 6 heteroatoms. The first kappa shape index (κ1) is 17.8. The Morgan fingerprint density at radius 3 is 2.54 bits per heavy atom. The summed E-state index contributed by atoms with van der Waals surface area (Å²) >= 11 is 0. The zero-order valence-electron chi connectivity index (χ0n) is 15.2. The molecule has 3 rings (SSSR count). The fraction of sp³-hybridized carbons (Fsp3) is 0.300. The maximum atomic E-state index is 12.4. The second-order valence-electron chi connectivity index (χ2n) is 7.23. The fourth-order valence-corrected chi connectivity index (χ4v) is 2.84. The first-order chi connectivity index (χ1) is 12.4. The first-order valence-electron chi connectivity index (χ1n) is 8.58. The Bertz CT molecular complexity index is 1000. The molecule has 0 saturated carbocycles. The number of rotatable bonds is 4. The zero-order valence-corrected chi connectivity index (χ0v) is 15.2. The van der Waals surface area contributed by atoms with E-state index in [2.05, 4.69) is 36.4 Å². The summed E-state index contributed by atoms with van der Waals surface area (Å²) in [6.45, 7) is 6.48. The van der Waals surface area contributed by atoms with E-state index in [9.17, 15) is 9.59 Å². The number of carbonyl (C=O) groups excluding carboxylic acids is 1. The van der Waals surface area contributed by atoms with Crippen molar-refractivity contribution in [3.63, 3.8) is 0 Å². The average Bonchev–Trinajstić information content (AvgIpc) is 2.61. The number of amides is 1. The normalized spacial score (nSPS) is 11.5. The number of nitrogens with one attached hydrogen (secondary N) is 1. The smallest absolute Gasteiger partial charge is 0.277 e. The molecule has 0 aliphatic carbocycles. The molecule has 0 bridgehead atoms. The summed E-state index contributed by atoms with van der Waals surface area (Å²) in [5, 5.41) is 11.4. The average molecular weight is 350 g/mol. The van der Waals surface area contributed by atoms with E-state index in [0.29, 0.717) is 10.9 Å². The van der Waals surface area contributed by atoms with Gasteiger partial charge < -0.3 is 5.32 Å². The van der Waals surface area contributed by atoms with Gasteiger partial charge in [0.05, 0.1) is 11.9 Å². The van der Waals surface area contributed by atoms with E-state index in [4.69, 9.17) is 0 Å². The molecular formula is C20H22N4O2. The van der Waals surface area contributed by atoms with E-state index >= 15 is 0 Å². The van der Waals surface area contributed by atoms with Gasteiger partial charge in [-0.3, -0.25) is 9.59 Å². The number of nitrogens with zero attached hydrogens (tertiary/aromatic N) is 3. The van der Waals surface area contributed by atoms with Crippen molar-refractivity contribution in [2.75, 3.05) is 5.32 Å². The SMILES string of the molecule is CC(C)(C)c1ccccc1NC(=O)CCn1nnc2ccccc2c1=O. The number of para-hydroxylation sites is 1. The summed E-state index contributed by atoms with van der Waals surface area (Å²) in [6.07, 6.45) is 0.144. The molecule has 1 amide bonds. The Morgan fingerprint density at radius 2 is 1.77 bits per heavy atom. The highest BCUT2D eigenvalue weighted by Gasteiger charge is 2.18. The minimum absolute atomic E-state index is 0.0787. The Labute approximate surface area is 151 Å². The molecule has 6 nitrogen and oxygen atoms in total. The number of aryl methyl sites for hydroxylation is 1. The molecule has 0 fully saturated rings. The molecule has 0 saturated heterocycles. The predicted octanol–water partition coefficient (Wildman–Crippen LogP) is 3.12. The van der Waals surface area contributed by atoms with Crippen LogP contribution in [0.3, 0.4) is 0 Å². The highest BCUT2D eigenvalue weighted by atomic mass is 16.2. The summed E-state index contributed by atoms with van der Waals surface area (Å²) in [4.78, 5) is 24.8. The van der Waals surface area contributed by atoms with Crippen LogP contribution < -0.4 is 10.9 Å². The lowest BCUT2D eigenvalue weighted by Gasteiger charge is -2.23. The Balaban J connectivity index is 1.73. The molecular weight excluding hydrogens is 328 g/mol. The van der Waals surface area contributed by atoms with Gasteiger partial charge in [0.2, 0.25) is 5.91 Å². The third kappa shape index (κ3) is 3.79. The van der Waals surface area contributed by atoms with Crippen LogP contribution in [0, 0.1) is 0 Å². The number of fused-ring (bicyclic) bond motifs is 1. The van der Waals surface area contributed by atoms with E-state index in [1.54, 1.807) is 24.3 Å². The number of carbonyl (C=O) groups is 1. The minimum atomic E-state index is -0.238. The van der Waals surface area contributed by atoms with E-state index in [-0.39, 0.29) is 29.8 Å². The van der Waals surface area contributed by atoms with Gasteiger partial charge in [0, 0.05) is 12.1 Å². The number of aromatic nitrogens is 3. The van der Waals surface area contributed by atoms with Crippen LogP contribution in [0.15, 0.2) is 53.3 Å². The van der Waals surface area contributed by atoms with Gasteiger partial charge in [-0.2, -0.15) is 0 Å². The van der Waals surface area contributed by atoms with E-state index < -0.39 is 0 Å². The van der Waals surface area contributed by atoms with Crippen LogP contribution in [0.2, 0.25) is 0 Å². The molecule has 2 aromatic carbocycles. The van der Waals surface area contributed by atoms with Crippen molar-refractivity contribution < 1.29 is 4.79 Å². The van der Waals surface area contributed by atoms with Crippen molar-refractivity contribution in [1.82, 2.24) is 15.0 Å². The van der Waals surface area contributed by atoms with Gasteiger partial charge in [0.15, 0.2) is 0 Å². The number of anilines is 1. The molecule has 1 heterocycles. The molecule has 0 spiro atoms. The Morgan fingerprint density at radius 1 is 1.08 bits per heavy atom. The van der Waals surface area contributed by atoms with Crippen LogP contribution in [-0.4, -0.2) is 20.9 Å². The van der Waals surface area contributed by atoms with Crippen LogP contribution in [0.4, 0.5) is 5.69 Å². The summed E-state index contributed by atoms with van der Waals surface area (Å²) in [5.74, 6) is -0.163. The lowest BCUT2D eigenvalue weighted by atomic mass is 9.86. The number of benzene rings is 2. The second kappa shape index (κ2) is 7.07. The van der Waals surface area contributed by atoms with E-state index in [0.717, 1.165) is 11.3 Å². The van der Waals surface area contributed by atoms with E-state index in [1.165, 1.54) is 4.68 Å².